The molecule has 1 aromatic heterocycles. The third-order valence-corrected chi connectivity index (χ3v) is 7.88. The Balaban J connectivity index is 1.37. The summed E-state index contributed by atoms with van der Waals surface area (Å²) in [7, 11) is 0. The summed E-state index contributed by atoms with van der Waals surface area (Å²) in [5.74, 6) is 0.257. The molecule has 3 atom stereocenters. The first-order chi connectivity index (χ1) is 19.6. The molecule has 6 rings (SSSR count). The van der Waals surface area contributed by atoms with Crippen molar-refractivity contribution in [3.05, 3.63) is 112 Å². The van der Waals surface area contributed by atoms with Gasteiger partial charge in [-0.1, -0.05) is 48.5 Å². The van der Waals surface area contributed by atoms with Gasteiger partial charge in [0.25, 0.3) is 0 Å². The van der Waals surface area contributed by atoms with Gasteiger partial charge in [0, 0.05) is 41.5 Å². The maximum absolute atomic E-state index is 13.9. The van der Waals surface area contributed by atoms with E-state index in [4.69, 9.17) is 18.6 Å². The number of rotatable bonds is 8. The van der Waals surface area contributed by atoms with Crippen LogP contribution in [0.1, 0.15) is 61.3 Å². The Kier molecular flexibility index (Phi) is 7.55. The summed E-state index contributed by atoms with van der Waals surface area (Å²) in [6.45, 7) is 3.11. The minimum atomic E-state index is -0.620. The highest BCUT2D eigenvalue weighted by Gasteiger charge is 2.43. The standard InChI is InChI=1S/C33H33NO6/c1-21-30(33(36)40-20-24-11-7-15-37-24)31(25-12-5-6-13-29(25)39-19-22-9-3-2-4-10-22)32-26(34-21)17-23(18-27(32)35)28-14-8-16-38-28/h2-6,8-10,12-14,16,23-24,31,34H,7,11,15,17-20H2,1H3/t23-,24-,31+/m0/s1. The number of dihydropyridines is 1. The Morgan fingerprint density at radius 1 is 1.02 bits per heavy atom. The molecule has 0 radical (unpaired) electrons. The fourth-order valence-electron chi connectivity index (χ4n) is 5.95. The van der Waals surface area contributed by atoms with Gasteiger partial charge in [0.05, 0.1) is 23.9 Å². The number of ether oxygens (including phenoxy) is 3. The lowest BCUT2D eigenvalue weighted by molar-refractivity contribution is -0.142. The normalized spacial score (nSPS) is 22.6. The number of furan rings is 1. The fourth-order valence-corrected chi connectivity index (χ4v) is 5.95. The van der Waals surface area contributed by atoms with Crippen LogP contribution in [-0.2, 0) is 25.7 Å². The summed E-state index contributed by atoms with van der Waals surface area (Å²) in [6, 6.07) is 21.3. The lowest BCUT2D eigenvalue weighted by atomic mass is 9.72. The number of para-hydroxylation sites is 1. The molecule has 3 aliphatic rings. The number of esters is 1. The fraction of sp³-hybridized carbons (Fsp3) is 0.333. The van der Waals surface area contributed by atoms with Gasteiger partial charge in [0.15, 0.2) is 5.78 Å². The third-order valence-electron chi connectivity index (χ3n) is 7.88. The smallest absolute Gasteiger partial charge is 0.336 e. The van der Waals surface area contributed by atoms with E-state index in [1.54, 1.807) is 6.26 Å². The van der Waals surface area contributed by atoms with Gasteiger partial charge < -0.3 is 23.9 Å². The van der Waals surface area contributed by atoms with Crippen LogP contribution < -0.4 is 10.1 Å². The minimum Gasteiger partial charge on any atom is -0.489 e. The number of benzene rings is 2. The second-order valence-corrected chi connectivity index (χ2v) is 10.6. The highest BCUT2D eigenvalue weighted by Crippen LogP contribution is 2.47. The van der Waals surface area contributed by atoms with Crippen LogP contribution in [0.3, 0.4) is 0 Å². The molecule has 1 N–H and O–H groups in total. The van der Waals surface area contributed by atoms with Crippen LogP contribution in [0.15, 0.2) is 100.0 Å². The van der Waals surface area contributed by atoms with E-state index in [0.29, 0.717) is 48.6 Å². The second-order valence-electron chi connectivity index (χ2n) is 10.6. The van der Waals surface area contributed by atoms with Gasteiger partial charge in [-0.3, -0.25) is 4.79 Å². The molecule has 3 heterocycles. The summed E-state index contributed by atoms with van der Waals surface area (Å²) >= 11 is 0. The van der Waals surface area contributed by atoms with Gasteiger partial charge in [0.2, 0.25) is 0 Å². The van der Waals surface area contributed by atoms with Gasteiger partial charge in [-0.15, -0.1) is 0 Å². The van der Waals surface area contributed by atoms with Crippen LogP contribution in [0.25, 0.3) is 0 Å². The molecule has 206 valence electrons. The number of carbonyl (C=O) groups is 2. The van der Waals surface area contributed by atoms with Gasteiger partial charge in [-0.2, -0.15) is 0 Å². The molecule has 0 amide bonds. The Bertz CT molecular complexity index is 1430. The zero-order valence-electron chi connectivity index (χ0n) is 22.6. The Morgan fingerprint density at radius 3 is 2.62 bits per heavy atom. The molecule has 0 spiro atoms. The van der Waals surface area contributed by atoms with Crippen LogP contribution in [0, 0.1) is 0 Å². The first-order valence-electron chi connectivity index (χ1n) is 13.9. The van der Waals surface area contributed by atoms with E-state index in [0.717, 1.165) is 35.4 Å². The van der Waals surface area contributed by atoms with Gasteiger partial charge >= 0.3 is 5.97 Å². The molecular formula is C33H33NO6. The summed E-state index contributed by atoms with van der Waals surface area (Å²) in [4.78, 5) is 27.6. The van der Waals surface area contributed by atoms with Crippen molar-refractivity contribution >= 4 is 11.8 Å². The van der Waals surface area contributed by atoms with E-state index < -0.39 is 11.9 Å². The predicted octanol–water partition coefficient (Wildman–Crippen LogP) is 5.94. The molecule has 0 saturated carbocycles. The molecule has 40 heavy (non-hydrogen) atoms. The molecule has 3 aromatic rings. The molecule has 1 aliphatic carbocycles. The van der Waals surface area contributed by atoms with Crippen LogP contribution >= 0.6 is 0 Å². The lowest BCUT2D eigenvalue weighted by Gasteiger charge is -2.36. The van der Waals surface area contributed by atoms with E-state index >= 15 is 0 Å². The molecule has 7 heteroatoms. The Hall–Kier alpha value is -4.10. The van der Waals surface area contributed by atoms with Crippen molar-refractivity contribution in [1.29, 1.82) is 0 Å². The van der Waals surface area contributed by atoms with Crippen molar-refractivity contribution < 1.29 is 28.2 Å². The number of Topliss-reactive ketones (excluding diaryl/α,β-unsaturated/α-hetero) is 1. The van der Waals surface area contributed by atoms with Crippen molar-refractivity contribution in [2.75, 3.05) is 13.2 Å². The molecular weight excluding hydrogens is 506 g/mol. The number of nitrogens with one attached hydrogen (secondary N) is 1. The van der Waals surface area contributed by atoms with Crippen LogP contribution in [0.2, 0.25) is 0 Å². The predicted molar refractivity (Wildman–Crippen MR) is 148 cm³/mol. The highest BCUT2D eigenvalue weighted by molar-refractivity contribution is 6.04. The van der Waals surface area contributed by atoms with E-state index in [2.05, 4.69) is 5.32 Å². The van der Waals surface area contributed by atoms with E-state index in [-0.39, 0.29) is 24.4 Å². The van der Waals surface area contributed by atoms with Gasteiger partial charge in [-0.05, 0) is 49.9 Å². The first-order valence-corrected chi connectivity index (χ1v) is 13.9. The minimum absolute atomic E-state index is 0.0186. The van der Waals surface area contributed by atoms with Crippen molar-refractivity contribution in [3.8, 4) is 5.75 Å². The zero-order chi connectivity index (χ0) is 27.5. The maximum Gasteiger partial charge on any atom is 0.336 e. The number of hydrogen-bond donors (Lipinski definition) is 1. The number of carbonyl (C=O) groups excluding carboxylic acids is 2. The van der Waals surface area contributed by atoms with Crippen LogP contribution in [0.4, 0.5) is 0 Å². The van der Waals surface area contributed by atoms with Gasteiger partial charge in [0.1, 0.15) is 24.7 Å². The zero-order valence-corrected chi connectivity index (χ0v) is 22.6. The lowest BCUT2D eigenvalue weighted by Crippen LogP contribution is -2.36. The molecule has 2 aromatic carbocycles. The molecule has 2 aliphatic heterocycles. The average Bonchev–Trinajstić information content (AvgIpc) is 3.70. The van der Waals surface area contributed by atoms with E-state index in [9.17, 15) is 9.59 Å². The topological polar surface area (TPSA) is 87.0 Å². The van der Waals surface area contributed by atoms with Crippen LogP contribution in [-0.4, -0.2) is 31.1 Å². The summed E-state index contributed by atoms with van der Waals surface area (Å²) < 4.78 is 23.4. The van der Waals surface area contributed by atoms with E-state index in [1.165, 1.54) is 0 Å². The van der Waals surface area contributed by atoms with Crippen molar-refractivity contribution in [1.82, 2.24) is 5.32 Å². The first kappa shape index (κ1) is 26.1. The second kappa shape index (κ2) is 11.6. The number of allylic oxidation sites excluding steroid dienone is 3. The quantitative estimate of drug-likeness (QED) is 0.355. The number of ketones is 1. The maximum atomic E-state index is 13.9. The molecule has 7 nitrogen and oxygen atoms in total. The highest BCUT2D eigenvalue weighted by atomic mass is 16.6. The molecule has 0 bridgehead atoms. The summed E-state index contributed by atoms with van der Waals surface area (Å²) in [5, 5.41) is 3.40. The monoisotopic (exact) mass is 539 g/mol. The van der Waals surface area contributed by atoms with E-state index in [1.807, 2.05) is 73.7 Å². The SMILES string of the molecule is CC1=C(C(=O)OC[C@@H]2CCCO2)[C@@H](c2ccccc2OCc2ccccc2)C2=C(C[C@H](c3ccco3)CC2=O)N1. The number of hydrogen-bond acceptors (Lipinski definition) is 7. The average molecular weight is 540 g/mol. The third kappa shape index (κ3) is 5.34. The Labute approximate surface area is 233 Å². The molecule has 1 saturated heterocycles. The summed E-state index contributed by atoms with van der Waals surface area (Å²) in [5.41, 5.74) is 4.30. The largest absolute Gasteiger partial charge is 0.489 e. The molecule has 0 unspecified atom stereocenters. The van der Waals surface area contributed by atoms with Crippen molar-refractivity contribution in [3.63, 3.8) is 0 Å². The molecule has 1 fully saturated rings. The summed E-state index contributed by atoms with van der Waals surface area (Å²) in [6.07, 6.45) is 4.27. The van der Waals surface area contributed by atoms with Gasteiger partial charge in [-0.25, -0.2) is 4.79 Å². The van der Waals surface area contributed by atoms with Crippen molar-refractivity contribution in [2.24, 2.45) is 0 Å². The van der Waals surface area contributed by atoms with Crippen LogP contribution in [0.5, 0.6) is 5.75 Å². The van der Waals surface area contributed by atoms with Crippen molar-refractivity contribution in [2.45, 2.75) is 57.2 Å². The Morgan fingerprint density at radius 2 is 1.85 bits per heavy atom.